The Hall–Kier alpha value is -0.530. The van der Waals surface area contributed by atoms with Crippen LogP contribution in [0.5, 0.6) is 0 Å². The lowest BCUT2D eigenvalue weighted by Gasteiger charge is -2.36. The quantitative estimate of drug-likeness (QED) is 0.686. The predicted molar refractivity (Wildman–Crippen MR) is 49.7 cm³/mol. The topological polar surface area (TPSA) is 29.1 Å². The van der Waals surface area contributed by atoms with Gasteiger partial charge in [-0.25, -0.2) is 0 Å². The van der Waals surface area contributed by atoms with Crippen LogP contribution in [0.2, 0.25) is 0 Å². The molecule has 0 unspecified atom stereocenters. The number of hydrogen-bond donors (Lipinski definition) is 1. The molecule has 1 atom stereocenters. The molecule has 0 aromatic carbocycles. The summed E-state index contributed by atoms with van der Waals surface area (Å²) in [5.74, 6) is 1.94. The number of nitrogens with one attached hydrogen (secondary N) is 1. The number of rotatable bonds is 3. The van der Waals surface area contributed by atoms with Crippen molar-refractivity contribution in [2.75, 3.05) is 6.54 Å². The van der Waals surface area contributed by atoms with Gasteiger partial charge in [-0.1, -0.05) is 13.8 Å². The van der Waals surface area contributed by atoms with Gasteiger partial charge in [0.1, 0.15) is 0 Å². The first-order valence-corrected chi connectivity index (χ1v) is 4.92. The fourth-order valence-electron chi connectivity index (χ4n) is 1.92. The Bertz CT molecular complexity index is 161. The second-order valence-electron chi connectivity index (χ2n) is 4.02. The summed E-state index contributed by atoms with van der Waals surface area (Å²) in [6, 6.07) is 0. The molecule has 0 radical (unpaired) electrons. The molecule has 1 fully saturated rings. The fourth-order valence-corrected chi connectivity index (χ4v) is 1.92. The largest absolute Gasteiger partial charge is 0.356 e. The Morgan fingerprint density at radius 2 is 2.17 bits per heavy atom. The van der Waals surface area contributed by atoms with Gasteiger partial charge in [0.2, 0.25) is 5.91 Å². The SMILES string of the molecule is CCNC(=O)[C@H](C)C1CC(C)C1. The van der Waals surface area contributed by atoms with E-state index >= 15 is 0 Å². The van der Waals surface area contributed by atoms with E-state index in [0.717, 1.165) is 12.5 Å². The van der Waals surface area contributed by atoms with Crippen molar-refractivity contribution in [1.82, 2.24) is 5.32 Å². The van der Waals surface area contributed by atoms with Gasteiger partial charge in [0.05, 0.1) is 0 Å². The Kier molecular flexibility index (Phi) is 3.12. The zero-order valence-corrected chi connectivity index (χ0v) is 8.26. The van der Waals surface area contributed by atoms with Gasteiger partial charge in [0.15, 0.2) is 0 Å². The molecule has 1 aliphatic carbocycles. The summed E-state index contributed by atoms with van der Waals surface area (Å²) < 4.78 is 0. The molecule has 0 aromatic heterocycles. The Morgan fingerprint density at radius 3 is 2.58 bits per heavy atom. The van der Waals surface area contributed by atoms with Gasteiger partial charge in [-0.2, -0.15) is 0 Å². The Balaban J connectivity index is 2.27. The van der Waals surface area contributed by atoms with Crippen LogP contribution in [0.25, 0.3) is 0 Å². The van der Waals surface area contributed by atoms with Crippen LogP contribution in [0.1, 0.15) is 33.6 Å². The third kappa shape index (κ3) is 1.99. The molecule has 2 nitrogen and oxygen atoms in total. The van der Waals surface area contributed by atoms with E-state index in [9.17, 15) is 4.79 Å². The average Bonchev–Trinajstić information content (AvgIpc) is 1.98. The molecular weight excluding hydrogens is 150 g/mol. The number of carbonyl (C=O) groups excluding carboxylic acids is 1. The summed E-state index contributed by atoms with van der Waals surface area (Å²) in [6.45, 7) is 7.02. The molecule has 12 heavy (non-hydrogen) atoms. The molecular formula is C10H19NO. The maximum absolute atomic E-state index is 11.4. The van der Waals surface area contributed by atoms with Gasteiger partial charge in [-0.3, -0.25) is 4.79 Å². The van der Waals surface area contributed by atoms with E-state index in [1.54, 1.807) is 0 Å². The number of carbonyl (C=O) groups is 1. The van der Waals surface area contributed by atoms with Crippen molar-refractivity contribution in [3.05, 3.63) is 0 Å². The maximum Gasteiger partial charge on any atom is 0.223 e. The van der Waals surface area contributed by atoms with Crippen molar-refractivity contribution in [3.63, 3.8) is 0 Å². The van der Waals surface area contributed by atoms with E-state index < -0.39 is 0 Å². The summed E-state index contributed by atoms with van der Waals surface area (Å²) in [6.07, 6.45) is 2.47. The van der Waals surface area contributed by atoms with Crippen molar-refractivity contribution < 1.29 is 4.79 Å². The van der Waals surface area contributed by atoms with Gasteiger partial charge < -0.3 is 5.32 Å². The van der Waals surface area contributed by atoms with Crippen molar-refractivity contribution in [3.8, 4) is 0 Å². The highest BCUT2D eigenvalue weighted by atomic mass is 16.1. The lowest BCUT2D eigenvalue weighted by molar-refractivity contribution is -0.127. The third-order valence-electron chi connectivity index (χ3n) is 2.88. The van der Waals surface area contributed by atoms with E-state index in [2.05, 4.69) is 12.2 Å². The van der Waals surface area contributed by atoms with Crippen molar-refractivity contribution in [1.29, 1.82) is 0 Å². The number of amides is 1. The molecule has 0 bridgehead atoms. The Labute approximate surface area is 74.7 Å². The van der Waals surface area contributed by atoms with Crippen LogP contribution in [0.15, 0.2) is 0 Å². The highest BCUT2D eigenvalue weighted by Crippen LogP contribution is 2.38. The molecule has 0 spiro atoms. The standard InChI is InChI=1S/C10H19NO/c1-4-11-10(12)8(3)9-5-7(2)6-9/h7-9H,4-6H2,1-3H3,(H,11,12)/t7?,8-,9?/m1/s1. The molecule has 0 heterocycles. The van der Waals surface area contributed by atoms with E-state index in [1.807, 2.05) is 13.8 Å². The molecule has 1 saturated carbocycles. The first kappa shape index (κ1) is 9.56. The number of hydrogen-bond acceptors (Lipinski definition) is 1. The van der Waals surface area contributed by atoms with Gasteiger partial charge in [-0.05, 0) is 31.6 Å². The fraction of sp³-hybridized carbons (Fsp3) is 0.900. The van der Waals surface area contributed by atoms with Gasteiger partial charge in [0.25, 0.3) is 0 Å². The van der Waals surface area contributed by atoms with Crippen LogP contribution in [0.4, 0.5) is 0 Å². The van der Waals surface area contributed by atoms with E-state index in [0.29, 0.717) is 5.92 Å². The minimum atomic E-state index is 0.223. The smallest absolute Gasteiger partial charge is 0.223 e. The second kappa shape index (κ2) is 3.92. The van der Waals surface area contributed by atoms with Crippen LogP contribution in [-0.4, -0.2) is 12.5 Å². The summed E-state index contributed by atoms with van der Waals surface area (Å²) in [4.78, 5) is 11.4. The lowest BCUT2D eigenvalue weighted by atomic mass is 9.70. The molecule has 2 heteroatoms. The molecule has 70 valence electrons. The zero-order valence-electron chi connectivity index (χ0n) is 8.26. The van der Waals surface area contributed by atoms with E-state index in [1.165, 1.54) is 12.8 Å². The molecule has 0 saturated heterocycles. The zero-order chi connectivity index (χ0) is 9.14. The molecule has 1 aliphatic rings. The van der Waals surface area contributed by atoms with Gasteiger partial charge in [-0.15, -0.1) is 0 Å². The highest BCUT2D eigenvalue weighted by Gasteiger charge is 2.33. The molecule has 1 rings (SSSR count). The summed E-state index contributed by atoms with van der Waals surface area (Å²) in [7, 11) is 0. The first-order chi connectivity index (χ1) is 5.65. The second-order valence-corrected chi connectivity index (χ2v) is 4.02. The summed E-state index contributed by atoms with van der Waals surface area (Å²) in [5.41, 5.74) is 0. The third-order valence-corrected chi connectivity index (χ3v) is 2.88. The van der Waals surface area contributed by atoms with Crippen molar-refractivity contribution in [2.45, 2.75) is 33.6 Å². The van der Waals surface area contributed by atoms with Crippen molar-refractivity contribution >= 4 is 5.91 Å². The van der Waals surface area contributed by atoms with Gasteiger partial charge in [0, 0.05) is 12.5 Å². The van der Waals surface area contributed by atoms with Crippen molar-refractivity contribution in [2.24, 2.45) is 17.8 Å². The molecule has 1 N–H and O–H groups in total. The lowest BCUT2D eigenvalue weighted by Crippen LogP contribution is -2.38. The summed E-state index contributed by atoms with van der Waals surface area (Å²) in [5, 5.41) is 2.87. The Morgan fingerprint density at radius 1 is 1.58 bits per heavy atom. The van der Waals surface area contributed by atoms with Crippen LogP contribution >= 0.6 is 0 Å². The molecule has 1 amide bonds. The predicted octanol–water partition coefficient (Wildman–Crippen LogP) is 1.80. The van der Waals surface area contributed by atoms with Gasteiger partial charge >= 0.3 is 0 Å². The van der Waals surface area contributed by atoms with E-state index in [4.69, 9.17) is 0 Å². The van der Waals surface area contributed by atoms with Crippen LogP contribution < -0.4 is 5.32 Å². The minimum Gasteiger partial charge on any atom is -0.356 e. The van der Waals surface area contributed by atoms with Crippen LogP contribution in [-0.2, 0) is 4.79 Å². The highest BCUT2D eigenvalue weighted by molar-refractivity contribution is 5.78. The molecule has 0 aliphatic heterocycles. The monoisotopic (exact) mass is 169 g/mol. The van der Waals surface area contributed by atoms with Crippen LogP contribution in [0, 0.1) is 17.8 Å². The summed E-state index contributed by atoms with van der Waals surface area (Å²) >= 11 is 0. The first-order valence-electron chi connectivity index (χ1n) is 4.92. The average molecular weight is 169 g/mol. The van der Waals surface area contributed by atoms with E-state index in [-0.39, 0.29) is 11.8 Å². The minimum absolute atomic E-state index is 0.223. The maximum atomic E-state index is 11.4. The normalized spacial score (nSPS) is 30.6. The molecule has 0 aromatic rings. The van der Waals surface area contributed by atoms with Crippen LogP contribution in [0.3, 0.4) is 0 Å².